The zero-order valence-electron chi connectivity index (χ0n) is 14.5. The van der Waals surface area contributed by atoms with Crippen LogP contribution in [0.3, 0.4) is 0 Å². The fraction of sp³-hybridized carbons (Fsp3) is 0.778. The SMILES string of the molecule is Cc1cc(C(=O)N2C[C@@H]3[C@@H]4CC[C@@H](C4)[C@@H]3C2)n(CCN(C)C)n1. The summed E-state index contributed by atoms with van der Waals surface area (Å²) in [6.45, 7) is 5.59. The molecule has 4 atom stereocenters. The van der Waals surface area contributed by atoms with Crippen LogP contribution in [0.1, 0.15) is 35.4 Å². The lowest BCUT2D eigenvalue weighted by Crippen LogP contribution is -2.33. The average Bonchev–Trinajstić information content (AvgIpc) is 3.24. The van der Waals surface area contributed by atoms with Crippen molar-refractivity contribution in [2.45, 2.75) is 32.7 Å². The Hall–Kier alpha value is -1.36. The van der Waals surface area contributed by atoms with Gasteiger partial charge in [-0.2, -0.15) is 5.10 Å². The van der Waals surface area contributed by atoms with Crippen molar-refractivity contribution in [3.8, 4) is 0 Å². The molecule has 2 heterocycles. The zero-order chi connectivity index (χ0) is 16.1. The van der Waals surface area contributed by atoms with Crippen LogP contribution in [0.4, 0.5) is 0 Å². The third kappa shape index (κ3) is 2.59. The van der Waals surface area contributed by atoms with Gasteiger partial charge in [-0.25, -0.2) is 0 Å². The van der Waals surface area contributed by atoms with Gasteiger partial charge in [0.25, 0.3) is 5.91 Å². The summed E-state index contributed by atoms with van der Waals surface area (Å²) in [6, 6.07) is 1.96. The Balaban J connectivity index is 1.49. The molecule has 3 aliphatic rings. The third-order valence-electron chi connectivity index (χ3n) is 6.30. The van der Waals surface area contributed by atoms with Crippen molar-refractivity contribution in [1.82, 2.24) is 19.6 Å². The third-order valence-corrected chi connectivity index (χ3v) is 6.30. The molecule has 0 unspecified atom stereocenters. The van der Waals surface area contributed by atoms with Gasteiger partial charge in [-0.1, -0.05) is 0 Å². The number of carbonyl (C=O) groups excluding carboxylic acids is 1. The summed E-state index contributed by atoms with van der Waals surface area (Å²) in [6.07, 6.45) is 4.22. The van der Waals surface area contributed by atoms with Gasteiger partial charge in [0.1, 0.15) is 5.69 Å². The number of hydrogen-bond donors (Lipinski definition) is 0. The molecule has 1 aliphatic heterocycles. The number of rotatable bonds is 4. The Bertz CT molecular complexity index is 590. The Labute approximate surface area is 138 Å². The van der Waals surface area contributed by atoms with Gasteiger partial charge in [0, 0.05) is 19.6 Å². The predicted octanol–water partition coefficient (Wildman–Crippen LogP) is 1.87. The van der Waals surface area contributed by atoms with Crippen molar-refractivity contribution in [3.63, 3.8) is 0 Å². The molecule has 4 rings (SSSR count). The first-order valence-electron chi connectivity index (χ1n) is 9.01. The molecular formula is C18H28N4O. The molecule has 0 radical (unpaired) electrons. The van der Waals surface area contributed by atoms with E-state index in [2.05, 4.69) is 29.0 Å². The van der Waals surface area contributed by atoms with E-state index in [1.54, 1.807) is 0 Å². The van der Waals surface area contributed by atoms with Crippen LogP contribution >= 0.6 is 0 Å². The maximum atomic E-state index is 13.0. The topological polar surface area (TPSA) is 41.4 Å². The van der Waals surface area contributed by atoms with Crippen molar-refractivity contribution >= 4 is 5.91 Å². The predicted molar refractivity (Wildman–Crippen MR) is 89.2 cm³/mol. The number of aromatic nitrogens is 2. The monoisotopic (exact) mass is 316 g/mol. The smallest absolute Gasteiger partial charge is 0.272 e. The van der Waals surface area contributed by atoms with E-state index < -0.39 is 0 Å². The van der Waals surface area contributed by atoms with Crippen molar-refractivity contribution in [1.29, 1.82) is 0 Å². The van der Waals surface area contributed by atoms with Crippen LogP contribution in [0.2, 0.25) is 0 Å². The first-order valence-corrected chi connectivity index (χ1v) is 9.01. The zero-order valence-corrected chi connectivity index (χ0v) is 14.5. The minimum Gasteiger partial charge on any atom is -0.337 e. The van der Waals surface area contributed by atoms with Crippen molar-refractivity contribution in [2.24, 2.45) is 23.7 Å². The number of carbonyl (C=O) groups is 1. The highest BCUT2D eigenvalue weighted by Crippen LogP contribution is 2.55. The fourth-order valence-electron chi connectivity index (χ4n) is 5.19. The van der Waals surface area contributed by atoms with Crippen LogP contribution in [0.5, 0.6) is 0 Å². The molecule has 1 aromatic rings. The van der Waals surface area contributed by atoms with Crippen LogP contribution in [-0.2, 0) is 6.54 Å². The summed E-state index contributed by atoms with van der Waals surface area (Å²) in [7, 11) is 4.10. The van der Waals surface area contributed by atoms with Crippen LogP contribution in [0, 0.1) is 30.6 Å². The highest BCUT2D eigenvalue weighted by molar-refractivity contribution is 5.93. The van der Waals surface area contributed by atoms with Crippen LogP contribution < -0.4 is 0 Å². The Morgan fingerprint density at radius 1 is 1.26 bits per heavy atom. The van der Waals surface area contributed by atoms with E-state index in [9.17, 15) is 4.79 Å². The van der Waals surface area contributed by atoms with E-state index >= 15 is 0 Å². The van der Waals surface area contributed by atoms with Crippen molar-refractivity contribution in [2.75, 3.05) is 33.7 Å². The first kappa shape index (κ1) is 15.2. The van der Waals surface area contributed by atoms with Gasteiger partial charge in [-0.15, -0.1) is 0 Å². The molecule has 1 aromatic heterocycles. The van der Waals surface area contributed by atoms with E-state index in [4.69, 9.17) is 0 Å². The van der Waals surface area contributed by atoms with E-state index in [1.165, 1.54) is 19.3 Å². The molecule has 5 heteroatoms. The minimum atomic E-state index is 0.193. The molecule has 2 aliphatic carbocycles. The first-order chi connectivity index (χ1) is 11.0. The molecular weight excluding hydrogens is 288 g/mol. The van der Waals surface area contributed by atoms with Gasteiger partial charge in [0.2, 0.25) is 0 Å². The molecule has 0 aromatic carbocycles. The summed E-state index contributed by atoms with van der Waals surface area (Å²) in [5.74, 6) is 3.53. The molecule has 5 nitrogen and oxygen atoms in total. The van der Waals surface area contributed by atoms with Crippen molar-refractivity contribution in [3.05, 3.63) is 17.5 Å². The van der Waals surface area contributed by atoms with Gasteiger partial charge in [-0.3, -0.25) is 9.48 Å². The number of hydrogen-bond acceptors (Lipinski definition) is 3. The number of fused-ring (bicyclic) bond motifs is 5. The number of likely N-dealkylation sites (N-methyl/N-ethyl adjacent to an activating group) is 1. The van der Waals surface area contributed by atoms with Crippen LogP contribution in [0.15, 0.2) is 6.07 Å². The number of aryl methyl sites for hydroxylation is 1. The highest BCUT2D eigenvalue weighted by atomic mass is 16.2. The average molecular weight is 316 g/mol. The largest absolute Gasteiger partial charge is 0.337 e. The van der Waals surface area contributed by atoms with Gasteiger partial charge in [-0.05, 0) is 70.0 Å². The molecule has 126 valence electrons. The lowest BCUT2D eigenvalue weighted by molar-refractivity contribution is 0.0763. The van der Waals surface area contributed by atoms with Gasteiger partial charge in [0.05, 0.1) is 12.2 Å². The maximum Gasteiger partial charge on any atom is 0.272 e. The molecule has 2 bridgehead atoms. The van der Waals surface area contributed by atoms with Gasteiger partial charge < -0.3 is 9.80 Å². The molecule has 0 spiro atoms. The van der Waals surface area contributed by atoms with Gasteiger partial charge in [0.15, 0.2) is 0 Å². The second-order valence-corrected chi connectivity index (χ2v) is 8.07. The number of amides is 1. The minimum absolute atomic E-state index is 0.193. The summed E-state index contributed by atoms with van der Waals surface area (Å²) < 4.78 is 1.90. The van der Waals surface area contributed by atoms with E-state index in [1.807, 2.05) is 17.7 Å². The van der Waals surface area contributed by atoms with E-state index in [0.29, 0.717) is 0 Å². The highest BCUT2D eigenvalue weighted by Gasteiger charge is 2.52. The molecule has 3 fully saturated rings. The fourth-order valence-corrected chi connectivity index (χ4v) is 5.19. The summed E-state index contributed by atoms with van der Waals surface area (Å²) in [5.41, 5.74) is 1.71. The van der Waals surface area contributed by atoms with Crippen molar-refractivity contribution < 1.29 is 4.79 Å². The van der Waals surface area contributed by atoms with Crippen LogP contribution in [0.25, 0.3) is 0 Å². The van der Waals surface area contributed by atoms with Crippen LogP contribution in [-0.4, -0.2) is 59.2 Å². The van der Waals surface area contributed by atoms with E-state index in [0.717, 1.165) is 61.2 Å². The Morgan fingerprint density at radius 2 is 1.91 bits per heavy atom. The second kappa shape index (κ2) is 5.62. The van der Waals surface area contributed by atoms with Gasteiger partial charge >= 0.3 is 0 Å². The molecule has 1 saturated heterocycles. The Morgan fingerprint density at radius 3 is 2.52 bits per heavy atom. The summed E-state index contributed by atoms with van der Waals surface area (Å²) in [5, 5.41) is 4.53. The number of likely N-dealkylation sites (tertiary alicyclic amines) is 1. The quantitative estimate of drug-likeness (QED) is 0.851. The summed E-state index contributed by atoms with van der Waals surface area (Å²) >= 11 is 0. The normalized spacial score (nSPS) is 32.1. The molecule has 0 N–H and O–H groups in total. The lowest BCUT2D eigenvalue weighted by atomic mass is 9.82. The molecule has 23 heavy (non-hydrogen) atoms. The summed E-state index contributed by atoms with van der Waals surface area (Å²) in [4.78, 5) is 17.3. The Kier molecular flexibility index (Phi) is 3.71. The molecule has 2 saturated carbocycles. The standard InChI is InChI=1S/C18H28N4O/c1-12-8-17(22(19-12)7-6-20(2)3)18(23)21-10-15-13-4-5-14(9-13)16(15)11-21/h8,13-16H,4-7,9-11H2,1-3H3/t13-,14+,15-,16+. The maximum absolute atomic E-state index is 13.0. The lowest BCUT2D eigenvalue weighted by Gasteiger charge is -2.22. The second-order valence-electron chi connectivity index (χ2n) is 8.07. The molecule has 1 amide bonds. The number of nitrogens with zero attached hydrogens (tertiary/aromatic N) is 4. The van der Waals surface area contributed by atoms with E-state index in [-0.39, 0.29) is 5.91 Å².